The van der Waals surface area contributed by atoms with Crippen molar-refractivity contribution in [2.24, 2.45) is 0 Å². The summed E-state index contributed by atoms with van der Waals surface area (Å²) in [5.74, 6) is 0.340. The van der Waals surface area contributed by atoms with E-state index in [1.165, 1.54) is 7.11 Å². The van der Waals surface area contributed by atoms with Gasteiger partial charge >= 0.3 is 6.09 Å². The minimum atomic E-state index is -0.337. The summed E-state index contributed by atoms with van der Waals surface area (Å²) >= 11 is 5.98. The van der Waals surface area contributed by atoms with Crippen LogP contribution in [0.15, 0.2) is 60.8 Å². The molecule has 2 atom stereocenters. The molecule has 6 rings (SSSR count). The van der Waals surface area contributed by atoms with E-state index in [0.717, 1.165) is 22.0 Å². The molecule has 0 unspecified atom stereocenters. The van der Waals surface area contributed by atoms with Crippen molar-refractivity contribution in [1.29, 1.82) is 0 Å². The number of hydrogen-bond donors (Lipinski definition) is 2. The standard InChI is InChI=1S/C29H27ClN4O5/c1-37-28-23(27(35)32-15-17-2-5-20(30)6-3-17)14-25(39-22-9-11-34-21(13-22)16-38-29(34)36)26(33-28)19-4-7-24-18(12-19)8-10-31-24/h2-8,10,12,14,21-22,31H,9,11,13,15-16H2,1H3,(H,32,35)/t21-,22-/m0/s1. The lowest BCUT2D eigenvalue weighted by Gasteiger charge is -2.33. The summed E-state index contributed by atoms with van der Waals surface area (Å²) < 4.78 is 17.3. The number of aromatic nitrogens is 2. The molecule has 10 heteroatoms. The number of nitrogens with one attached hydrogen (secondary N) is 2. The number of piperidine rings is 1. The zero-order chi connectivity index (χ0) is 26.9. The van der Waals surface area contributed by atoms with Gasteiger partial charge in [-0.2, -0.15) is 0 Å². The molecule has 0 radical (unpaired) electrons. The van der Waals surface area contributed by atoms with Crippen molar-refractivity contribution in [2.45, 2.75) is 31.5 Å². The highest BCUT2D eigenvalue weighted by Gasteiger charge is 2.39. The Balaban J connectivity index is 1.33. The molecule has 200 valence electrons. The maximum Gasteiger partial charge on any atom is 0.410 e. The number of fused-ring (bicyclic) bond motifs is 2. The fourth-order valence-corrected chi connectivity index (χ4v) is 5.25. The van der Waals surface area contributed by atoms with Crippen molar-refractivity contribution in [3.05, 3.63) is 76.9 Å². The number of H-pyrrole nitrogens is 1. The van der Waals surface area contributed by atoms with Crippen LogP contribution in [-0.2, 0) is 11.3 Å². The summed E-state index contributed by atoms with van der Waals surface area (Å²) in [5.41, 5.74) is 3.59. The van der Waals surface area contributed by atoms with Gasteiger partial charge in [-0.3, -0.25) is 4.79 Å². The first kappa shape index (κ1) is 25.1. The van der Waals surface area contributed by atoms with Gasteiger partial charge < -0.3 is 29.4 Å². The first-order valence-corrected chi connectivity index (χ1v) is 13.2. The molecule has 39 heavy (non-hydrogen) atoms. The lowest BCUT2D eigenvalue weighted by Crippen LogP contribution is -2.44. The summed E-state index contributed by atoms with van der Waals surface area (Å²) in [7, 11) is 1.49. The number of methoxy groups -OCH3 is 1. The number of rotatable bonds is 7. The SMILES string of the molecule is COc1nc(-c2ccc3[nH]ccc3c2)c(O[C@H]2CCN3C(=O)OC[C@@H]3C2)cc1C(=O)NCc1ccc(Cl)cc1. The van der Waals surface area contributed by atoms with Gasteiger partial charge in [0.15, 0.2) is 0 Å². The summed E-state index contributed by atoms with van der Waals surface area (Å²) in [5, 5.41) is 4.59. The lowest BCUT2D eigenvalue weighted by molar-refractivity contribution is 0.0913. The van der Waals surface area contributed by atoms with Crippen LogP contribution in [0.5, 0.6) is 11.6 Å². The number of halogens is 1. The summed E-state index contributed by atoms with van der Waals surface area (Å²) in [6, 6.07) is 16.9. The van der Waals surface area contributed by atoms with Gasteiger partial charge in [-0.1, -0.05) is 29.8 Å². The summed E-state index contributed by atoms with van der Waals surface area (Å²) in [4.78, 5) is 35.0. The zero-order valence-corrected chi connectivity index (χ0v) is 22.0. The molecular weight excluding hydrogens is 520 g/mol. The summed E-state index contributed by atoms with van der Waals surface area (Å²) in [6.07, 6.45) is 2.71. The Bertz CT molecular complexity index is 1540. The molecular formula is C29H27ClN4O5. The van der Waals surface area contributed by atoms with E-state index in [-0.39, 0.29) is 35.6 Å². The Labute approximate surface area is 230 Å². The Morgan fingerprint density at radius 1 is 1.21 bits per heavy atom. The van der Waals surface area contributed by atoms with Crippen molar-refractivity contribution in [3.8, 4) is 22.9 Å². The average molecular weight is 547 g/mol. The van der Waals surface area contributed by atoms with Crippen LogP contribution < -0.4 is 14.8 Å². The van der Waals surface area contributed by atoms with E-state index in [4.69, 9.17) is 30.8 Å². The lowest BCUT2D eigenvalue weighted by atomic mass is 10.0. The minimum Gasteiger partial charge on any atom is -0.488 e. The molecule has 2 N–H and O–H groups in total. The van der Waals surface area contributed by atoms with E-state index in [1.807, 2.05) is 42.6 Å². The van der Waals surface area contributed by atoms with E-state index >= 15 is 0 Å². The molecule has 2 fully saturated rings. The molecule has 0 aliphatic carbocycles. The van der Waals surface area contributed by atoms with Crippen LogP contribution in [0, 0.1) is 0 Å². The van der Waals surface area contributed by atoms with E-state index in [2.05, 4.69) is 10.3 Å². The van der Waals surface area contributed by atoms with Gasteiger partial charge in [-0.25, -0.2) is 9.78 Å². The molecule has 2 saturated heterocycles. The third-order valence-corrected chi connectivity index (χ3v) is 7.43. The van der Waals surface area contributed by atoms with Crippen molar-refractivity contribution in [1.82, 2.24) is 20.2 Å². The summed E-state index contributed by atoms with van der Waals surface area (Å²) in [6.45, 7) is 1.22. The molecule has 2 aromatic heterocycles. The largest absolute Gasteiger partial charge is 0.488 e. The van der Waals surface area contributed by atoms with Crippen LogP contribution in [0.1, 0.15) is 28.8 Å². The highest BCUT2D eigenvalue weighted by Crippen LogP contribution is 2.37. The maximum absolute atomic E-state index is 13.3. The van der Waals surface area contributed by atoms with Gasteiger partial charge in [-0.05, 0) is 35.9 Å². The minimum absolute atomic E-state index is 0.0238. The second-order valence-corrected chi connectivity index (χ2v) is 10.1. The molecule has 2 amide bonds. The number of hydrogen-bond acceptors (Lipinski definition) is 6. The molecule has 0 saturated carbocycles. The smallest absolute Gasteiger partial charge is 0.410 e. The molecule has 9 nitrogen and oxygen atoms in total. The molecule has 2 aromatic carbocycles. The Morgan fingerprint density at radius 3 is 2.87 bits per heavy atom. The zero-order valence-electron chi connectivity index (χ0n) is 21.3. The van der Waals surface area contributed by atoms with Gasteiger partial charge in [0.2, 0.25) is 5.88 Å². The van der Waals surface area contributed by atoms with Crippen LogP contribution >= 0.6 is 11.6 Å². The van der Waals surface area contributed by atoms with Crippen LogP contribution in [0.2, 0.25) is 5.02 Å². The number of carbonyl (C=O) groups is 2. The van der Waals surface area contributed by atoms with Crippen LogP contribution in [0.25, 0.3) is 22.2 Å². The number of cyclic esters (lactones) is 1. The molecule has 0 spiro atoms. The molecule has 4 aromatic rings. The number of benzene rings is 2. The number of pyridine rings is 1. The first-order chi connectivity index (χ1) is 19.0. The van der Waals surface area contributed by atoms with Gasteiger partial charge in [0.05, 0.1) is 13.2 Å². The molecule has 2 aliphatic heterocycles. The monoisotopic (exact) mass is 546 g/mol. The van der Waals surface area contributed by atoms with Crippen LogP contribution in [0.4, 0.5) is 4.79 Å². The predicted octanol–water partition coefficient (Wildman–Crippen LogP) is 5.18. The van der Waals surface area contributed by atoms with Crippen molar-refractivity contribution >= 4 is 34.5 Å². The van der Waals surface area contributed by atoms with E-state index in [0.29, 0.717) is 49.0 Å². The normalized spacial score (nSPS) is 18.5. The topological polar surface area (TPSA) is 106 Å². The quantitative estimate of drug-likeness (QED) is 0.331. The fraction of sp³-hybridized carbons (Fsp3) is 0.276. The number of nitrogens with zero attached hydrogens (tertiary/aromatic N) is 2. The maximum atomic E-state index is 13.3. The van der Waals surface area contributed by atoms with Crippen molar-refractivity contribution < 1.29 is 23.8 Å². The molecule has 4 heterocycles. The second kappa shape index (κ2) is 10.5. The third-order valence-electron chi connectivity index (χ3n) is 7.18. The highest BCUT2D eigenvalue weighted by molar-refractivity contribution is 6.30. The average Bonchev–Trinajstić information content (AvgIpc) is 3.58. The van der Waals surface area contributed by atoms with Crippen LogP contribution in [0.3, 0.4) is 0 Å². The molecule has 0 bridgehead atoms. The predicted molar refractivity (Wildman–Crippen MR) is 146 cm³/mol. The number of amides is 2. The van der Waals surface area contributed by atoms with Crippen molar-refractivity contribution in [2.75, 3.05) is 20.3 Å². The number of aromatic amines is 1. The Morgan fingerprint density at radius 2 is 2.05 bits per heavy atom. The van der Waals surface area contributed by atoms with Crippen LogP contribution in [-0.4, -0.2) is 59.3 Å². The van der Waals surface area contributed by atoms with Gasteiger partial charge in [0, 0.05) is 59.7 Å². The van der Waals surface area contributed by atoms with Gasteiger partial charge in [-0.15, -0.1) is 0 Å². The van der Waals surface area contributed by atoms with E-state index in [1.54, 1.807) is 23.1 Å². The van der Waals surface area contributed by atoms with Crippen molar-refractivity contribution in [3.63, 3.8) is 0 Å². The highest BCUT2D eigenvalue weighted by atomic mass is 35.5. The van der Waals surface area contributed by atoms with Gasteiger partial charge in [0.25, 0.3) is 5.91 Å². The third kappa shape index (κ3) is 5.09. The second-order valence-electron chi connectivity index (χ2n) is 9.67. The first-order valence-electron chi connectivity index (χ1n) is 12.8. The number of ether oxygens (including phenoxy) is 3. The van der Waals surface area contributed by atoms with Gasteiger partial charge in [0.1, 0.15) is 29.7 Å². The van der Waals surface area contributed by atoms with E-state index in [9.17, 15) is 9.59 Å². The molecule has 2 aliphatic rings. The Kier molecular flexibility index (Phi) is 6.74. The number of carbonyl (C=O) groups excluding carboxylic acids is 2. The fourth-order valence-electron chi connectivity index (χ4n) is 5.12. The van der Waals surface area contributed by atoms with E-state index < -0.39 is 0 Å². The Hall–Kier alpha value is -4.24.